The molecule has 2 aromatic heterocycles. The highest BCUT2D eigenvalue weighted by Crippen LogP contribution is 2.20. The van der Waals surface area contributed by atoms with E-state index in [1.165, 1.54) is 11.8 Å². The van der Waals surface area contributed by atoms with E-state index in [9.17, 15) is 0 Å². The molecule has 0 amide bonds. The fourth-order valence-electron chi connectivity index (χ4n) is 2.81. The maximum absolute atomic E-state index is 5.93. The van der Waals surface area contributed by atoms with Crippen molar-refractivity contribution in [3.05, 3.63) is 65.1 Å². The van der Waals surface area contributed by atoms with Crippen LogP contribution < -0.4 is 4.90 Å². The lowest BCUT2D eigenvalue weighted by Gasteiger charge is -2.28. The van der Waals surface area contributed by atoms with Crippen LogP contribution in [0.5, 0.6) is 0 Å². The Bertz CT molecular complexity index is 816. The minimum atomic E-state index is 0.402. The van der Waals surface area contributed by atoms with Crippen molar-refractivity contribution < 1.29 is 0 Å². The Morgan fingerprint density at radius 1 is 1.04 bits per heavy atom. The minimum absolute atomic E-state index is 0.402. The highest BCUT2D eigenvalue weighted by atomic mass is 35.5. The summed E-state index contributed by atoms with van der Waals surface area (Å²) in [5, 5.41) is 9.11. The van der Waals surface area contributed by atoms with Crippen LogP contribution in [0.3, 0.4) is 0 Å². The quantitative estimate of drug-likeness (QED) is 0.739. The summed E-state index contributed by atoms with van der Waals surface area (Å²) in [7, 11) is 0. The number of hydrogen-bond donors (Lipinski definition) is 0. The van der Waals surface area contributed by atoms with E-state index in [0.717, 1.165) is 37.0 Å². The Balaban J connectivity index is 1.55. The molecule has 1 aromatic carbocycles. The fraction of sp³-hybridized carbons (Fsp3) is 0.250. The van der Waals surface area contributed by atoms with Crippen molar-refractivity contribution in [2.45, 2.75) is 19.5 Å². The molecule has 6 nitrogen and oxygen atoms in total. The second-order valence-electron chi connectivity index (χ2n) is 5.47. The van der Waals surface area contributed by atoms with Crippen molar-refractivity contribution in [1.29, 1.82) is 0 Å². The Hall–Kier alpha value is -2.47. The molecule has 0 spiro atoms. The topological polar surface area (TPSA) is 59.7 Å². The number of aromatic nitrogens is 5. The van der Waals surface area contributed by atoms with E-state index in [0.29, 0.717) is 11.7 Å². The molecule has 0 N–H and O–H groups in total. The van der Waals surface area contributed by atoms with Gasteiger partial charge in [-0.2, -0.15) is 0 Å². The van der Waals surface area contributed by atoms with Crippen LogP contribution in [-0.2, 0) is 19.5 Å². The van der Waals surface area contributed by atoms with Gasteiger partial charge in [0.15, 0.2) is 5.82 Å². The molecule has 0 atom stereocenters. The Kier molecular flexibility index (Phi) is 3.67. The van der Waals surface area contributed by atoms with Crippen LogP contribution in [0.2, 0.25) is 5.15 Å². The number of benzene rings is 1. The molecule has 0 saturated carbocycles. The number of fused-ring (bicyclic) bond motifs is 1. The second-order valence-corrected chi connectivity index (χ2v) is 5.86. The minimum Gasteiger partial charge on any atom is -0.346 e. The third-order valence-corrected chi connectivity index (χ3v) is 4.13. The van der Waals surface area contributed by atoms with Crippen molar-refractivity contribution >= 4 is 17.4 Å². The van der Waals surface area contributed by atoms with Crippen LogP contribution in [0.25, 0.3) is 0 Å². The van der Waals surface area contributed by atoms with E-state index in [-0.39, 0.29) is 0 Å². The number of halogens is 1. The molecule has 3 aromatic rings. The summed E-state index contributed by atoms with van der Waals surface area (Å²) >= 11 is 5.93. The predicted octanol–water partition coefficient (Wildman–Crippen LogP) is 2.33. The van der Waals surface area contributed by atoms with Gasteiger partial charge in [-0.3, -0.25) is 4.98 Å². The number of hydrogen-bond acceptors (Lipinski definition) is 5. The zero-order chi connectivity index (χ0) is 15.6. The van der Waals surface area contributed by atoms with Crippen LogP contribution >= 0.6 is 11.6 Å². The monoisotopic (exact) mass is 326 g/mol. The van der Waals surface area contributed by atoms with E-state index in [2.05, 4.69) is 41.8 Å². The Labute approximate surface area is 138 Å². The molecule has 1 aliphatic rings. The van der Waals surface area contributed by atoms with Gasteiger partial charge in [-0.1, -0.05) is 41.9 Å². The fourth-order valence-corrected chi connectivity index (χ4v) is 2.95. The molecule has 4 rings (SSSR count). The van der Waals surface area contributed by atoms with Crippen molar-refractivity contribution in [2.24, 2.45) is 0 Å². The smallest absolute Gasteiger partial charge is 0.152 e. The highest BCUT2D eigenvalue weighted by molar-refractivity contribution is 6.29. The first kappa shape index (κ1) is 14.1. The lowest BCUT2D eigenvalue weighted by atomic mass is 10.1. The van der Waals surface area contributed by atoms with Crippen LogP contribution in [0.15, 0.2) is 42.7 Å². The highest BCUT2D eigenvalue weighted by Gasteiger charge is 2.22. The molecular weight excluding hydrogens is 312 g/mol. The predicted molar refractivity (Wildman–Crippen MR) is 87.4 cm³/mol. The molecule has 0 bridgehead atoms. The molecule has 23 heavy (non-hydrogen) atoms. The lowest BCUT2D eigenvalue weighted by molar-refractivity contribution is 0.542. The third-order valence-electron chi connectivity index (χ3n) is 3.95. The number of nitrogens with zero attached hydrogens (tertiary/aromatic N) is 6. The average molecular weight is 327 g/mol. The molecule has 3 heterocycles. The number of rotatable bonds is 3. The standard InChI is InChI=1S/C16H15ClN6/c17-13-9-18-10-15(19-13)22-6-7-23-14(20-21-16(23)11-22)8-12-4-2-1-3-5-12/h1-5,9-10H,6-8,11H2. The zero-order valence-electron chi connectivity index (χ0n) is 12.4. The summed E-state index contributed by atoms with van der Waals surface area (Å²) in [5.41, 5.74) is 1.24. The van der Waals surface area contributed by atoms with Crippen LogP contribution in [0.1, 0.15) is 17.2 Å². The summed E-state index contributed by atoms with van der Waals surface area (Å²) in [6, 6.07) is 10.3. The van der Waals surface area contributed by atoms with Crippen LogP contribution in [0.4, 0.5) is 5.82 Å². The molecule has 0 unspecified atom stereocenters. The Morgan fingerprint density at radius 2 is 1.91 bits per heavy atom. The van der Waals surface area contributed by atoms with Gasteiger partial charge in [0.05, 0.1) is 18.9 Å². The number of anilines is 1. The van der Waals surface area contributed by atoms with Gasteiger partial charge in [0, 0.05) is 19.5 Å². The van der Waals surface area contributed by atoms with Gasteiger partial charge in [-0.05, 0) is 5.56 Å². The normalized spacial score (nSPS) is 13.9. The van der Waals surface area contributed by atoms with E-state index < -0.39 is 0 Å². The zero-order valence-corrected chi connectivity index (χ0v) is 13.2. The van der Waals surface area contributed by atoms with Crippen molar-refractivity contribution in [1.82, 2.24) is 24.7 Å². The largest absolute Gasteiger partial charge is 0.346 e. The Morgan fingerprint density at radius 3 is 2.74 bits per heavy atom. The summed E-state index contributed by atoms with van der Waals surface area (Å²) < 4.78 is 2.20. The molecule has 1 aliphatic heterocycles. The second kappa shape index (κ2) is 5.96. The van der Waals surface area contributed by atoms with Gasteiger partial charge < -0.3 is 9.47 Å². The molecule has 116 valence electrons. The lowest BCUT2D eigenvalue weighted by Crippen LogP contribution is -2.35. The molecule has 0 fully saturated rings. The van der Waals surface area contributed by atoms with Crippen LogP contribution in [-0.4, -0.2) is 31.3 Å². The summed E-state index contributed by atoms with van der Waals surface area (Å²) in [6.45, 7) is 2.33. The van der Waals surface area contributed by atoms with Gasteiger partial charge in [0.2, 0.25) is 0 Å². The van der Waals surface area contributed by atoms with E-state index in [1.807, 2.05) is 18.2 Å². The third kappa shape index (κ3) is 2.90. The van der Waals surface area contributed by atoms with E-state index in [4.69, 9.17) is 11.6 Å². The van der Waals surface area contributed by atoms with Gasteiger partial charge in [0.1, 0.15) is 16.8 Å². The maximum atomic E-state index is 5.93. The first-order chi connectivity index (χ1) is 11.3. The average Bonchev–Trinajstić information content (AvgIpc) is 2.98. The molecule has 0 saturated heterocycles. The SMILES string of the molecule is Clc1cncc(N2CCn3c(Cc4ccccc4)nnc3C2)n1. The van der Waals surface area contributed by atoms with E-state index >= 15 is 0 Å². The molecular formula is C16H15ClN6. The molecule has 0 aliphatic carbocycles. The van der Waals surface area contributed by atoms with Gasteiger partial charge in [-0.25, -0.2) is 4.98 Å². The van der Waals surface area contributed by atoms with Gasteiger partial charge >= 0.3 is 0 Å². The van der Waals surface area contributed by atoms with Crippen molar-refractivity contribution in [3.8, 4) is 0 Å². The maximum Gasteiger partial charge on any atom is 0.152 e. The van der Waals surface area contributed by atoms with E-state index in [1.54, 1.807) is 6.20 Å². The first-order valence-corrected chi connectivity index (χ1v) is 7.85. The van der Waals surface area contributed by atoms with Gasteiger partial charge in [0.25, 0.3) is 0 Å². The molecule has 7 heteroatoms. The van der Waals surface area contributed by atoms with Crippen molar-refractivity contribution in [2.75, 3.05) is 11.4 Å². The summed E-state index contributed by atoms with van der Waals surface area (Å²) in [6.07, 6.45) is 4.06. The van der Waals surface area contributed by atoms with Crippen molar-refractivity contribution in [3.63, 3.8) is 0 Å². The first-order valence-electron chi connectivity index (χ1n) is 7.47. The summed E-state index contributed by atoms with van der Waals surface area (Å²) in [5.74, 6) is 2.73. The molecule has 0 radical (unpaired) electrons. The summed E-state index contributed by atoms with van der Waals surface area (Å²) in [4.78, 5) is 10.5. The van der Waals surface area contributed by atoms with Crippen LogP contribution in [0, 0.1) is 0 Å². The van der Waals surface area contributed by atoms with Gasteiger partial charge in [-0.15, -0.1) is 10.2 Å².